The third kappa shape index (κ3) is 3.10. The van der Waals surface area contributed by atoms with E-state index in [9.17, 15) is 4.79 Å². The van der Waals surface area contributed by atoms with Crippen LogP contribution in [-0.2, 0) is 21.6 Å². The maximum absolute atomic E-state index is 12.7. The first-order chi connectivity index (χ1) is 12.2. The predicted molar refractivity (Wildman–Crippen MR) is 96.6 cm³/mol. The highest BCUT2D eigenvalue weighted by Crippen LogP contribution is 2.45. The highest BCUT2D eigenvalue weighted by atomic mass is 35.5. The van der Waals surface area contributed by atoms with Crippen LogP contribution in [0.1, 0.15) is 30.5 Å². The van der Waals surface area contributed by atoms with Crippen LogP contribution in [0.25, 0.3) is 10.8 Å². The smallest absolute Gasteiger partial charge is 0.316 e. The van der Waals surface area contributed by atoms with Gasteiger partial charge < -0.3 is 9.15 Å². The number of carbonyl (C=O) groups is 1. The number of oxazole rings is 1. The zero-order chi connectivity index (χ0) is 17.3. The van der Waals surface area contributed by atoms with Crippen LogP contribution in [0.3, 0.4) is 0 Å². The van der Waals surface area contributed by atoms with Crippen molar-refractivity contribution in [1.29, 1.82) is 0 Å². The first kappa shape index (κ1) is 16.4. The van der Waals surface area contributed by atoms with Crippen molar-refractivity contribution in [3.8, 4) is 10.8 Å². The summed E-state index contributed by atoms with van der Waals surface area (Å²) in [7, 11) is 0. The van der Waals surface area contributed by atoms with E-state index in [1.165, 1.54) is 6.26 Å². The van der Waals surface area contributed by atoms with Crippen LogP contribution >= 0.6 is 22.9 Å². The van der Waals surface area contributed by atoms with Gasteiger partial charge in [-0.2, -0.15) is 0 Å². The standard InChI is InChI=1S/C19H16ClNO3S/c20-14-5-1-4-13(10-14)19(7-3-8-19)18(22)24-12-15-11-23-17(21-15)16-6-2-9-25-16/h1-2,4-6,9-11H,3,7-8,12H2. The molecule has 0 spiro atoms. The molecule has 0 radical (unpaired) electrons. The number of benzene rings is 1. The topological polar surface area (TPSA) is 52.3 Å². The second kappa shape index (κ2) is 6.65. The Balaban J connectivity index is 1.46. The summed E-state index contributed by atoms with van der Waals surface area (Å²) in [4.78, 5) is 18.1. The molecule has 0 aliphatic heterocycles. The summed E-state index contributed by atoms with van der Waals surface area (Å²) in [5, 5.41) is 2.60. The molecule has 0 atom stereocenters. The molecule has 6 heteroatoms. The number of aromatic nitrogens is 1. The Hall–Kier alpha value is -2.11. The average molecular weight is 374 g/mol. The molecule has 2 aromatic heterocycles. The monoisotopic (exact) mass is 373 g/mol. The molecular formula is C19H16ClNO3S. The van der Waals surface area contributed by atoms with E-state index in [1.54, 1.807) is 11.3 Å². The predicted octanol–water partition coefficient (Wildman–Crippen LogP) is 5.22. The number of ether oxygens (including phenoxy) is 1. The Morgan fingerprint density at radius 1 is 1.32 bits per heavy atom. The van der Waals surface area contributed by atoms with Gasteiger partial charge in [-0.25, -0.2) is 4.98 Å². The molecule has 2 heterocycles. The van der Waals surface area contributed by atoms with Crippen LogP contribution < -0.4 is 0 Å². The first-order valence-corrected chi connectivity index (χ1v) is 9.35. The van der Waals surface area contributed by atoms with Crippen LogP contribution in [0, 0.1) is 0 Å². The molecule has 1 aliphatic rings. The van der Waals surface area contributed by atoms with Gasteiger partial charge in [0.25, 0.3) is 0 Å². The van der Waals surface area contributed by atoms with Gasteiger partial charge in [0.1, 0.15) is 18.6 Å². The quantitative estimate of drug-likeness (QED) is 0.575. The number of esters is 1. The number of halogens is 1. The van der Waals surface area contributed by atoms with Crippen molar-refractivity contribution in [2.45, 2.75) is 31.3 Å². The van der Waals surface area contributed by atoms with Crippen molar-refractivity contribution in [3.63, 3.8) is 0 Å². The fraction of sp³-hybridized carbons (Fsp3) is 0.263. The van der Waals surface area contributed by atoms with Gasteiger partial charge in [-0.05, 0) is 42.0 Å². The number of thiophene rings is 1. The van der Waals surface area contributed by atoms with E-state index in [1.807, 2.05) is 41.8 Å². The van der Waals surface area contributed by atoms with E-state index < -0.39 is 5.41 Å². The molecule has 0 bridgehead atoms. The average Bonchev–Trinajstić information content (AvgIpc) is 3.23. The number of hydrogen-bond donors (Lipinski definition) is 0. The van der Waals surface area contributed by atoms with Crippen molar-refractivity contribution in [2.75, 3.05) is 0 Å². The van der Waals surface area contributed by atoms with Gasteiger partial charge >= 0.3 is 5.97 Å². The van der Waals surface area contributed by atoms with Crippen LogP contribution in [0.5, 0.6) is 0 Å². The van der Waals surface area contributed by atoms with Crippen LogP contribution in [0.4, 0.5) is 0 Å². The van der Waals surface area contributed by atoms with Gasteiger partial charge in [-0.3, -0.25) is 4.79 Å². The summed E-state index contributed by atoms with van der Waals surface area (Å²) < 4.78 is 11.0. The fourth-order valence-corrected chi connectivity index (χ4v) is 3.94. The minimum atomic E-state index is -0.578. The van der Waals surface area contributed by atoms with Crippen LogP contribution in [-0.4, -0.2) is 11.0 Å². The molecule has 1 aliphatic carbocycles. The SMILES string of the molecule is O=C(OCc1coc(-c2cccs2)n1)C1(c2cccc(Cl)c2)CCC1. The van der Waals surface area contributed by atoms with E-state index in [-0.39, 0.29) is 12.6 Å². The fourth-order valence-electron chi connectivity index (χ4n) is 3.09. The van der Waals surface area contributed by atoms with E-state index in [0.29, 0.717) is 16.6 Å². The summed E-state index contributed by atoms with van der Waals surface area (Å²) in [6.07, 6.45) is 4.11. The van der Waals surface area contributed by atoms with Gasteiger partial charge in [-0.15, -0.1) is 11.3 Å². The van der Waals surface area contributed by atoms with E-state index >= 15 is 0 Å². The van der Waals surface area contributed by atoms with Gasteiger partial charge in [0, 0.05) is 5.02 Å². The number of hydrogen-bond acceptors (Lipinski definition) is 5. The van der Waals surface area contributed by atoms with E-state index in [4.69, 9.17) is 20.8 Å². The summed E-state index contributed by atoms with van der Waals surface area (Å²) in [5.41, 5.74) is 0.957. The molecule has 128 valence electrons. The van der Waals surface area contributed by atoms with Gasteiger partial charge in [0.05, 0.1) is 10.3 Å². The van der Waals surface area contributed by atoms with Crippen molar-refractivity contribution in [3.05, 3.63) is 64.3 Å². The third-order valence-corrected chi connectivity index (χ3v) is 5.70. The van der Waals surface area contributed by atoms with Gasteiger partial charge in [0.2, 0.25) is 5.89 Å². The lowest BCUT2D eigenvalue weighted by Crippen LogP contribution is -2.43. The minimum Gasteiger partial charge on any atom is -0.458 e. The van der Waals surface area contributed by atoms with Crippen molar-refractivity contribution >= 4 is 28.9 Å². The summed E-state index contributed by atoms with van der Waals surface area (Å²) in [6.45, 7) is 0.107. The lowest BCUT2D eigenvalue weighted by atomic mass is 9.64. The molecule has 1 saturated carbocycles. The number of nitrogens with zero attached hydrogens (tertiary/aromatic N) is 1. The zero-order valence-electron chi connectivity index (χ0n) is 13.4. The second-order valence-electron chi connectivity index (χ2n) is 6.14. The molecule has 0 unspecified atom stereocenters. The second-order valence-corrected chi connectivity index (χ2v) is 7.53. The highest BCUT2D eigenvalue weighted by molar-refractivity contribution is 7.13. The maximum atomic E-state index is 12.7. The van der Waals surface area contributed by atoms with Crippen molar-refractivity contribution < 1.29 is 13.9 Å². The Kier molecular flexibility index (Phi) is 4.36. The molecule has 1 aromatic carbocycles. The first-order valence-electron chi connectivity index (χ1n) is 8.09. The highest BCUT2D eigenvalue weighted by Gasteiger charge is 2.47. The molecule has 4 nitrogen and oxygen atoms in total. The molecule has 1 fully saturated rings. The molecule has 0 saturated heterocycles. The summed E-state index contributed by atoms with van der Waals surface area (Å²) in [6, 6.07) is 11.4. The molecular weight excluding hydrogens is 358 g/mol. The molecule has 0 N–H and O–H groups in total. The Morgan fingerprint density at radius 2 is 2.20 bits per heavy atom. The third-order valence-electron chi connectivity index (χ3n) is 4.61. The molecule has 4 rings (SSSR count). The lowest BCUT2D eigenvalue weighted by Gasteiger charge is -2.39. The summed E-state index contributed by atoms with van der Waals surface area (Å²) >= 11 is 7.64. The van der Waals surface area contributed by atoms with Crippen LogP contribution in [0.15, 0.2) is 52.5 Å². The summed E-state index contributed by atoms with van der Waals surface area (Å²) in [5.74, 6) is 0.330. The largest absolute Gasteiger partial charge is 0.458 e. The van der Waals surface area contributed by atoms with Crippen LogP contribution in [0.2, 0.25) is 5.02 Å². The van der Waals surface area contributed by atoms with Gasteiger partial charge in [-0.1, -0.05) is 36.2 Å². The van der Waals surface area contributed by atoms with Crippen molar-refractivity contribution in [1.82, 2.24) is 4.98 Å². The van der Waals surface area contributed by atoms with E-state index in [0.717, 1.165) is 29.7 Å². The van der Waals surface area contributed by atoms with E-state index in [2.05, 4.69) is 4.98 Å². The van der Waals surface area contributed by atoms with Gasteiger partial charge in [0.15, 0.2) is 0 Å². The Labute approximate surface area is 154 Å². The Morgan fingerprint density at radius 3 is 2.88 bits per heavy atom. The lowest BCUT2D eigenvalue weighted by molar-refractivity contribution is -0.156. The molecule has 3 aromatic rings. The number of carbonyl (C=O) groups excluding carboxylic acids is 1. The maximum Gasteiger partial charge on any atom is 0.316 e. The normalized spacial score (nSPS) is 15.6. The Bertz CT molecular complexity index is 884. The zero-order valence-corrected chi connectivity index (χ0v) is 15.0. The number of rotatable bonds is 5. The minimum absolute atomic E-state index is 0.107. The molecule has 25 heavy (non-hydrogen) atoms. The molecule has 0 amide bonds. The van der Waals surface area contributed by atoms with Crippen molar-refractivity contribution in [2.24, 2.45) is 0 Å².